The van der Waals surface area contributed by atoms with E-state index in [9.17, 15) is 0 Å². The summed E-state index contributed by atoms with van der Waals surface area (Å²) in [4.78, 5) is 0. The van der Waals surface area contributed by atoms with Crippen LogP contribution in [-0.2, 0) is 4.74 Å². The number of methoxy groups -OCH3 is 1. The van der Waals surface area contributed by atoms with Crippen LogP contribution in [-0.4, -0.2) is 20.3 Å². The van der Waals surface area contributed by atoms with Crippen LogP contribution in [0.5, 0.6) is 0 Å². The van der Waals surface area contributed by atoms with Crippen molar-refractivity contribution in [3.63, 3.8) is 0 Å². The van der Waals surface area contributed by atoms with Gasteiger partial charge in [-0.1, -0.05) is 36.7 Å². The zero-order chi connectivity index (χ0) is 12.0. The Morgan fingerprint density at radius 2 is 2.00 bits per heavy atom. The van der Waals surface area contributed by atoms with Crippen molar-refractivity contribution in [3.05, 3.63) is 34.9 Å². The first-order valence-corrected chi connectivity index (χ1v) is 5.99. The third-order valence-corrected chi connectivity index (χ3v) is 2.94. The van der Waals surface area contributed by atoms with Gasteiger partial charge in [-0.2, -0.15) is 0 Å². The van der Waals surface area contributed by atoms with E-state index in [2.05, 4.69) is 25.2 Å². The number of ether oxygens (including phenoxy) is 1. The van der Waals surface area contributed by atoms with Crippen LogP contribution in [0.15, 0.2) is 24.3 Å². The molecule has 1 aromatic rings. The summed E-state index contributed by atoms with van der Waals surface area (Å²) in [5.74, 6) is 0.509. The van der Waals surface area contributed by atoms with Gasteiger partial charge < -0.3 is 10.1 Å². The van der Waals surface area contributed by atoms with E-state index in [0.29, 0.717) is 5.92 Å². The summed E-state index contributed by atoms with van der Waals surface area (Å²) in [5, 5.41) is 4.28. The van der Waals surface area contributed by atoms with Gasteiger partial charge in [-0.05, 0) is 24.5 Å². The molecule has 90 valence electrons. The lowest BCUT2D eigenvalue weighted by atomic mass is 10.1. The van der Waals surface area contributed by atoms with E-state index in [1.807, 2.05) is 18.2 Å². The minimum atomic E-state index is 0.271. The second-order valence-corrected chi connectivity index (χ2v) is 4.62. The number of halogens is 1. The van der Waals surface area contributed by atoms with Gasteiger partial charge in [0.1, 0.15) is 0 Å². The molecule has 1 N–H and O–H groups in total. The molecule has 1 unspecified atom stereocenters. The van der Waals surface area contributed by atoms with Gasteiger partial charge in [0.15, 0.2) is 0 Å². The number of rotatable bonds is 6. The van der Waals surface area contributed by atoms with Gasteiger partial charge >= 0.3 is 0 Å². The molecular formula is C13H20ClNO. The Morgan fingerprint density at radius 1 is 1.31 bits per heavy atom. The number of hydrogen-bond donors (Lipinski definition) is 1. The topological polar surface area (TPSA) is 21.3 Å². The highest BCUT2D eigenvalue weighted by Crippen LogP contribution is 2.22. The van der Waals surface area contributed by atoms with Crippen LogP contribution in [0.1, 0.15) is 25.5 Å². The van der Waals surface area contributed by atoms with Gasteiger partial charge in [0.25, 0.3) is 0 Å². The molecule has 0 aliphatic rings. The Balaban J connectivity index is 2.46. The Labute approximate surface area is 103 Å². The van der Waals surface area contributed by atoms with Gasteiger partial charge in [0, 0.05) is 31.3 Å². The maximum Gasteiger partial charge on any atom is 0.0499 e. The lowest BCUT2D eigenvalue weighted by Crippen LogP contribution is -2.26. The molecule has 0 heterocycles. The highest BCUT2D eigenvalue weighted by atomic mass is 35.5. The van der Waals surface area contributed by atoms with Gasteiger partial charge in [-0.15, -0.1) is 0 Å². The highest BCUT2D eigenvalue weighted by Gasteiger charge is 2.09. The molecule has 0 saturated carbocycles. The molecular weight excluding hydrogens is 222 g/mol. The molecule has 2 atom stereocenters. The Hall–Kier alpha value is -0.570. The number of nitrogens with one attached hydrogen (secondary N) is 1. The van der Waals surface area contributed by atoms with E-state index in [0.717, 1.165) is 23.7 Å². The van der Waals surface area contributed by atoms with Crippen molar-refractivity contribution in [1.29, 1.82) is 0 Å². The largest absolute Gasteiger partial charge is 0.384 e. The average Bonchev–Trinajstić information content (AvgIpc) is 2.27. The molecule has 0 fully saturated rings. The van der Waals surface area contributed by atoms with E-state index >= 15 is 0 Å². The van der Waals surface area contributed by atoms with Gasteiger partial charge in [0.2, 0.25) is 0 Å². The monoisotopic (exact) mass is 241 g/mol. The molecule has 0 amide bonds. The summed E-state index contributed by atoms with van der Waals surface area (Å²) in [6.07, 6.45) is 0. The van der Waals surface area contributed by atoms with Gasteiger partial charge in [0.05, 0.1) is 0 Å². The van der Waals surface area contributed by atoms with E-state index in [1.54, 1.807) is 7.11 Å². The molecule has 3 heteroatoms. The first-order chi connectivity index (χ1) is 7.65. The van der Waals surface area contributed by atoms with Crippen molar-refractivity contribution in [2.75, 3.05) is 20.3 Å². The number of benzene rings is 1. The van der Waals surface area contributed by atoms with E-state index < -0.39 is 0 Å². The fourth-order valence-corrected chi connectivity index (χ4v) is 1.96. The van der Waals surface area contributed by atoms with Crippen molar-refractivity contribution < 1.29 is 4.74 Å². The van der Waals surface area contributed by atoms with Gasteiger partial charge in [-0.25, -0.2) is 0 Å². The molecule has 16 heavy (non-hydrogen) atoms. The summed E-state index contributed by atoms with van der Waals surface area (Å²) in [6.45, 7) is 6.00. The SMILES string of the molecule is COCC(C)CN[C@H](C)c1ccccc1Cl. The molecule has 0 spiro atoms. The second-order valence-electron chi connectivity index (χ2n) is 4.21. The first kappa shape index (κ1) is 13.5. The van der Waals surface area contributed by atoms with Crippen LogP contribution in [0.4, 0.5) is 0 Å². The Bertz CT molecular complexity index is 317. The molecule has 0 aliphatic heterocycles. The van der Waals surface area contributed by atoms with Crippen molar-refractivity contribution >= 4 is 11.6 Å². The minimum Gasteiger partial charge on any atom is -0.384 e. The molecule has 0 aromatic heterocycles. The van der Waals surface area contributed by atoms with Crippen molar-refractivity contribution in [3.8, 4) is 0 Å². The third kappa shape index (κ3) is 4.12. The fourth-order valence-electron chi connectivity index (χ4n) is 1.66. The molecule has 1 rings (SSSR count). The quantitative estimate of drug-likeness (QED) is 0.826. The summed E-state index contributed by atoms with van der Waals surface area (Å²) >= 11 is 6.13. The summed E-state index contributed by atoms with van der Waals surface area (Å²) in [6, 6.07) is 8.21. The van der Waals surface area contributed by atoms with Crippen LogP contribution >= 0.6 is 11.6 Å². The normalized spacial score (nSPS) is 14.8. The summed E-state index contributed by atoms with van der Waals surface area (Å²) < 4.78 is 5.10. The van der Waals surface area contributed by atoms with Crippen LogP contribution in [0.25, 0.3) is 0 Å². The van der Waals surface area contributed by atoms with Crippen LogP contribution in [0.2, 0.25) is 5.02 Å². The lowest BCUT2D eigenvalue weighted by molar-refractivity contribution is 0.157. The number of hydrogen-bond acceptors (Lipinski definition) is 2. The zero-order valence-electron chi connectivity index (χ0n) is 10.2. The van der Waals surface area contributed by atoms with Crippen molar-refractivity contribution in [2.24, 2.45) is 5.92 Å². The Morgan fingerprint density at radius 3 is 2.62 bits per heavy atom. The smallest absolute Gasteiger partial charge is 0.0499 e. The molecule has 0 radical (unpaired) electrons. The minimum absolute atomic E-state index is 0.271. The molecule has 0 saturated heterocycles. The second kappa shape index (κ2) is 6.89. The zero-order valence-corrected chi connectivity index (χ0v) is 10.9. The van der Waals surface area contributed by atoms with E-state index in [4.69, 9.17) is 16.3 Å². The molecule has 0 bridgehead atoms. The first-order valence-electron chi connectivity index (χ1n) is 5.62. The Kier molecular flexibility index (Phi) is 5.81. The predicted molar refractivity (Wildman–Crippen MR) is 68.9 cm³/mol. The average molecular weight is 242 g/mol. The molecule has 1 aromatic carbocycles. The standard InChI is InChI=1S/C13H20ClNO/c1-10(9-16-3)8-15-11(2)12-6-4-5-7-13(12)14/h4-7,10-11,15H,8-9H2,1-3H3/t10?,11-/m1/s1. The van der Waals surface area contributed by atoms with Crippen LogP contribution in [0, 0.1) is 5.92 Å². The fraction of sp³-hybridized carbons (Fsp3) is 0.538. The van der Waals surface area contributed by atoms with Crippen molar-refractivity contribution in [2.45, 2.75) is 19.9 Å². The van der Waals surface area contributed by atoms with E-state index in [-0.39, 0.29) is 6.04 Å². The van der Waals surface area contributed by atoms with E-state index in [1.165, 1.54) is 0 Å². The summed E-state index contributed by atoms with van der Waals surface area (Å²) in [7, 11) is 1.73. The maximum atomic E-state index is 6.13. The van der Waals surface area contributed by atoms with Gasteiger partial charge in [-0.3, -0.25) is 0 Å². The van der Waals surface area contributed by atoms with Crippen LogP contribution < -0.4 is 5.32 Å². The molecule has 2 nitrogen and oxygen atoms in total. The molecule has 0 aliphatic carbocycles. The summed E-state index contributed by atoms with van der Waals surface area (Å²) in [5.41, 5.74) is 1.15. The third-order valence-electron chi connectivity index (χ3n) is 2.60. The van der Waals surface area contributed by atoms with Crippen molar-refractivity contribution in [1.82, 2.24) is 5.32 Å². The highest BCUT2D eigenvalue weighted by molar-refractivity contribution is 6.31. The maximum absolute atomic E-state index is 6.13. The predicted octanol–water partition coefficient (Wildman–Crippen LogP) is 3.27. The van der Waals surface area contributed by atoms with Crippen LogP contribution in [0.3, 0.4) is 0 Å². The lowest BCUT2D eigenvalue weighted by Gasteiger charge is -2.18.